The van der Waals surface area contributed by atoms with Crippen LogP contribution in [0.25, 0.3) is 10.8 Å². The van der Waals surface area contributed by atoms with Gasteiger partial charge in [0.2, 0.25) is 17.5 Å². The van der Waals surface area contributed by atoms with Crippen molar-refractivity contribution in [2.24, 2.45) is 0 Å². The Hall–Kier alpha value is -1.82. The molecule has 0 spiro atoms. The van der Waals surface area contributed by atoms with Gasteiger partial charge in [0.15, 0.2) is 0 Å². The molecule has 2 aromatic rings. The second-order valence-corrected chi connectivity index (χ2v) is 3.65. The van der Waals surface area contributed by atoms with Crippen LogP contribution in [0.5, 0.6) is 0 Å². The van der Waals surface area contributed by atoms with Crippen molar-refractivity contribution in [1.82, 2.24) is 4.98 Å². The molecule has 0 aliphatic heterocycles. The number of carbonyl (C=O) groups is 1. The van der Waals surface area contributed by atoms with E-state index in [-0.39, 0.29) is 11.6 Å². The van der Waals surface area contributed by atoms with Crippen molar-refractivity contribution in [2.45, 2.75) is 0 Å². The van der Waals surface area contributed by atoms with Gasteiger partial charge >= 0.3 is 5.97 Å². The summed E-state index contributed by atoms with van der Waals surface area (Å²) in [6, 6.07) is 3.69. The summed E-state index contributed by atoms with van der Waals surface area (Å²) < 4.78 is 9.67. The first kappa shape index (κ1) is 9.72. The highest BCUT2D eigenvalue weighted by molar-refractivity contribution is 7.13. The first-order valence-corrected chi connectivity index (χ1v) is 4.99. The number of anilines is 1. The molecule has 2 heterocycles. The lowest BCUT2D eigenvalue weighted by Gasteiger charge is -1.91. The van der Waals surface area contributed by atoms with Gasteiger partial charge in [0.25, 0.3) is 0 Å². The van der Waals surface area contributed by atoms with Gasteiger partial charge in [-0.1, -0.05) is 6.07 Å². The number of rotatable bonds is 2. The molecule has 0 bridgehead atoms. The molecular weight excluding hydrogens is 216 g/mol. The van der Waals surface area contributed by atoms with Gasteiger partial charge in [0, 0.05) is 0 Å². The number of nitrogen functional groups attached to an aromatic ring is 1. The van der Waals surface area contributed by atoms with Gasteiger partial charge in [-0.25, -0.2) is 4.79 Å². The third-order valence-corrected chi connectivity index (χ3v) is 2.62. The normalized spacial score (nSPS) is 10.2. The van der Waals surface area contributed by atoms with Gasteiger partial charge in [-0.3, -0.25) is 0 Å². The molecule has 0 aromatic carbocycles. The molecule has 0 radical (unpaired) electrons. The summed E-state index contributed by atoms with van der Waals surface area (Å²) in [7, 11) is 1.27. The highest BCUT2D eigenvalue weighted by Gasteiger charge is 2.19. The van der Waals surface area contributed by atoms with Crippen LogP contribution in [0, 0.1) is 0 Å². The second-order valence-electron chi connectivity index (χ2n) is 2.70. The molecule has 2 rings (SSSR count). The van der Waals surface area contributed by atoms with E-state index in [1.54, 1.807) is 0 Å². The fraction of sp³-hybridized carbons (Fsp3) is 0.111. The predicted octanol–water partition coefficient (Wildman–Crippen LogP) is 1.77. The topological polar surface area (TPSA) is 78.3 Å². The number of methoxy groups -OCH3 is 1. The molecule has 0 amide bonds. The Kier molecular flexibility index (Phi) is 2.42. The molecule has 0 saturated heterocycles. The van der Waals surface area contributed by atoms with E-state index in [0.29, 0.717) is 5.89 Å². The molecule has 0 aliphatic rings. The second kappa shape index (κ2) is 3.74. The standard InChI is InChI=1S/C9H8N2O3S/c1-13-9(12)6-7(10)14-8(11-6)5-3-2-4-15-5/h2-4H,10H2,1H3. The third-order valence-electron chi connectivity index (χ3n) is 1.76. The summed E-state index contributed by atoms with van der Waals surface area (Å²) in [5, 5.41) is 1.88. The minimum absolute atomic E-state index is 0.0147. The largest absolute Gasteiger partial charge is 0.464 e. The number of hydrogen-bond acceptors (Lipinski definition) is 6. The minimum atomic E-state index is -0.598. The zero-order valence-corrected chi connectivity index (χ0v) is 8.71. The molecule has 0 unspecified atom stereocenters. The van der Waals surface area contributed by atoms with Crippen molar-refractivity contribution in [3.63, 3.8) is 0 Å². The van der Waals surface area contributed by atoms with Crippen LogP contribution in [0.3, 0.4) is 0 Å². The van der Waals surface area contributed by atoms with Crippen LogP contribution in [-0.2, 0) is 4.74 Å². The quantitative estimate of drug-likeness (QED) is 0.786. The van der Waals surface area contributed by atoms with Gasteiger partial charge in [0.05, 0.1) is 12.0 Å². The molecule has 0 saturated carbocycles. The number of ether oxygens (including phenoxy) is 1. The number of nitrogens with zero attached hydrogens (tertiary/aromatic N) is 1. The van der Waals surface area contributed by atoms with Gasteiger partial charge in [-0.15, -0.1) is 11.3 Å². The van der Waals surface area contributed by atoms with E-state index in [2.05, 4.69) is 9.72 Å². The highest BCUT2D eigenvalue weighted by Crippen LogP contribution is 2.27. The first-order valence-electron chi connectivity index (χ1n) is 4.11. The monoisotopic (exact) mass is 224 g/mol. The molecule has 0 aliphatic carbocycles. The number of carbonyl (C=O) groups excluding carboxylic acids is 1. The summed E-state index contributed by atoms with van der Waals surface area (Å²) >= 11 is 1.45. The van der Waals surface area contributed by atoms with E-state index in [9.17, 15) is 4.79 Å². The maximum Gasteiger partial charge on any atom is 0.362 e. The number of hydrogen-bond donors (Lipinski definition) is 1. The van der Waals surface area contributed by atoms with E-state index < -0.39 is 5.97 Å². The summed E-state index contributed by atoms with van der Waals surface area (Å²) in [5.74, 6) is -0.285. The van der Waals surface area contributed by atoms with Gasteiger partial charge in [-0.05, 0) is 11.4 Å². The Morgan fingerprint density at radius 3 is 3.07 bits per heavy atom. The number of nitrogens with two attached hydrogens (primary N) is 1. The van der Waals surface area contributed by atoms with Gasteiger partial charge in [0.1, 0.15) is 0 Å². The highest BCUT2D eigenvalue weighted by atomic mass is 32.1. The summed E-state index contributed by atoms with van der Waals surface area (Å²) in [5.41, 5.74) is 5.51. The minimum Gasteiger partial charge on any atom is -0.464 e. The van der Waals surface area contributed by atoms with E-state index in [0.717, 1.165) is 4.88 Å². The third kappa shape index (κ3) is 1.71. The Morgan fingerprint density at radius 1 is 1.67 bits per heavy atom. The lowest BCUT2D eigenvalue weighted by Crippen LogP contribution is -2.04. The van der Waals surface area contributed by atoms with Crippen molar-refractivity contribution in [3.05, 3.63) is 23.2 Å². The Morgan fingerprint density at radius 2 is 2.47 bits per heavy atom. The van der Waals surface area contributed by atoms with Crippen LogP contribution >= 0.6 is 11.3 Å². The van der Waals surface area contributed by atoms with Crippen LogP contribution in [0.1, 0.15) is 10.5 Å². The molecule has 0 atom stereocenters. The smallest absolute Gasteiger partial charge is 0.362 e. The zero-order valence-electron chi connectivity index (χ0n) is 7.89. The van der Waals surface area contributed by atoms with E-state index in [1.165, 1.54) is 18.4 Å². The predicted molar refractivity (Wildman–Crippen MR) is 55.6 cm³/mol. The van der Waals surface area contributed by atoms with Crippen LogP contribution in [-0.4, -0.2) is 18.1 Å². The maximum absolute atomic E-state index is 11.2. The van der Waals surface area contributed by atoms with E-state index >= 15 is 0 Å². The van der Waals surface area contributed by atoms with E-state index in [4.69, 9.17) is 10.2 Å². The maximum atomic E-state index is 11.2. The molecule has 0 fully saturated rings. The van der Waals surface area contributed by atoms with Crippen LogP contribution in [0.4, 0.5) is 5.88 Å². The van der Waals surface area contributed by atoms with Crippen LogP contribution in [0.15, 0.2) is 21.9 Å². The molecule has 2 aromatic heterocycles. The Bertz CT molecular complexity index is 476. The van der Waals surface area contributed by atoms with Gasteiger partial charge < -0.3 is 14.9 Å². The van der Waals surface area contributed by atoms with Crippen molar-refractivity contribution in [3.8, 4) is 10.8 Å². The molecule has 2 N–H and O–H groups in total. The summed E-state index contributed by atoms with van der Waals surface area (Å²) in [4.78, 5) is 16.0. The van der Waals surface area contributed by atoms with E-state index in [1.807, 2.05) is 17.5 Å². The van der Waals surface area contributed by atoms with Crippen molar-refractivity contribution >= 4 is 23.2 Å². The average molecular weight is 224 g/mol. The summed E-state index contributed by atoms with van der Waals surface area (Å²) in [6.07, 6.45) is 0. The number of thiophene rings is 1. The van der Waals surface area contributed by atoms with Crippen LogP contribution in [0.2, 0.25) is 0 Å². The number of esters is 1. The summed E-state index contributed by atoms with van der Waals surface area (Å²) in [6.45, 7) is 0. The van der Waals surface area contributed by atoms with Crippen molar-refractivity contribution < 1.29 is 13.9 Å². The molecule has 6 heteroatoms. The average Bonchev–Trinajstić information content (AvgIpc) is 2.84. The molecular formula is C9H8N2O3S. The van der Waals surface area contributed by atoms with Crippen LogP contribution < -0.4 is 5.73 Å². The number of oxazole rings is 1. The lowest BCUT2D eigenvalue weighted by atomic mass is 10.4. The van der Waals surface area contributed by atoms with Crippen molar-refractivity contribution in [1.29, 1.82) is 0 Å². The van der Waals surface area contributed by atoms with Gasteiger partial charge in [-0.2, -0.15) is 4.98 Å². The Balaban J connectivity index is 2.41. The fourth-order valence-corrected chi connectivity index (χ4v) is 1.73. The fourth-order valence-electron chi connectivity index (χ4n) is 1.08. The molecule has 78 valence electrons. The lowest BCUT2D eigenvalue weighted by molar-refractivity contribution is 0.0595. The molecule has 5 nitrogen and oxygen atoms in total. The molecule has 15 heavy (non-hydrogen) atoms. The zero-order chi connectivity index (χ0) is 10.8. The SMILES string of the molecule is COC(=O)c1nc(-c2cccs2)oc1N. The number of aromatic nitrogens is 1. The first-order chi connectivity index (χ1) is 7.22. The Labute approximate surface area is 89.5 Å². The van der Waals surface area contributed by atoms with Crippen molar-refractivity contribution in [2.75, 3.05) is 12.8 Å².